The van der Waals surface area contributed by atoms with Crippen LogP contribution in [-0.4, -0.2) is 41.8 Å². The average molecular weight is 227 g/mol. The average Bonchev–Trinajstić information content (AvgIpc) is 2.17. The predicted octanol–water partition coefficient (Wildman–Crippen LogP) is 1.16. The van der Waals surface area contributed by atoms with Crippen molar-refractivity contribution in [3.63, 3.8) is 0 Å². The minimum Gasteiger partial charge on any atom is -0.443 e. The van der Waals surface area contributed by atoms with E-state index in [9.17, 15) is 14.4 Å². The Bertz CT molecular complexity index is 288. The molecule has 16 heavy (non-hydrogen) atoms. The molecule has 1 saturated heterocycles. The van der Waals surface area contributed by atoms with Crippen molar-refractivity contribution in [1.29, 1.82) is 0 Å². The Kier molecular flexibility index (Phi) is 4.04. The summed E-state index contributed by atoms with van der Waals surface area (Å²) in [6.45, 7) is 4.20. The van der Waals surface area contributed by atoms with Crippen LogP contribution < -0.4 is 0 Å². The number of likely N-dealkylation sites (tertiary alicyclic amines) is 1. The van der Waals surface area contributed by atoms with Gasteiger partial charge in [-0.25, -0.2) is 4.79 Å². The molecule has 1 rings (SSSR count). The van der Waals surface area contributed by atoms with E-state index in [-0.39, 0.29) is 12.2 Å². The van der Waals surface area contributed by atoms with Crippen molar-refractivity contribution in [2.45, 2.75) is 38.7 Å². The smallest absolute Gasteiger partial charge is 0.410 e. The molecule has 0 aromatic rings. The van der Waals surface area contributed by atoms with E-state index in [1.54, 1.807) is 13.8 Å². The fourth-order valence-corrected chi connectivity index (χ4v) is 1.48. The molecule has 0 aromatic carbocycles. The molecule has 5 heteroatoms. The molecule has 1 heterocycles. The van der Waals surface area contributed by atoms with Gasteiger partial charge in [0.1, 0.15) is 17.7 Å². The van der Waals surface area contributed by atoms with E-state index in [1.807, 2.05) is 0 Å². The van der Waals surface area contributed by atoms with Gasteiger partial charge in [-0.2, -0.15) is 0 Å². The molecule has 0 aromatic heterocycles. The van der Waals surface area contributed by atoms with Gasteiger partial charge in [0, 0.05) is 32.4 Å². The Morgan fingerprint density at radius 1 is 1.44 bits per heavy atom. The summed E-state index contributed by atoms with van der Waals surface area (Å²) in [4.78, 5) is 34.5. The van der Waals surface area contributed by atoms with Crippen molar-refractivity contribution in [2.24, 2.45) is 0 Å². The van der Waals surface area contributed by atoms with Gasteiger partial charge >= 0.3 is 6.09 Å². The fraction of sp³-hybridized carbons (Fsp3) is 0.727. The van der Waals surface area contributed by atoms with E-state index in [2.05, 4.69) is 0 Å². The van der Waals surface area contributed by atoms with Gasteiger partial charge in [0.2, 0.25) is 0 Å². The second-order valence-corrected chi connectivity index (χ2v) is 4.52. The Morgan fingerprint density at radius 2 is 2.00 bits per heavy atom. The summed E-state index contributed by atoms with van der Waals surface area (Å²) in [7, 11) is 0. The summed E-state index contributed by atoms with van der Waals surface area (Å²) in [6, 6.07) is 0. The number of nitrogens with zero attached hydrogens (tertiary/aromatic N) is 1. The van der Waals surface area contributed by atoms with Crippen LogP contribution in [0.3, 0.4) is 0 Å². The number of ketones is 1. The maximum Gasteiger partial charge on any atom is 0.410 e. The highest BCUT2D eigenvalue weighted by Gasteiger charge is 2.28. The number of hydrogen-bond donors (Lipinski definition) is 0. The zero-order chi connectivity index (χ0) is 12.2. The highest BCUT2D eigenvalue weighted by Crippen LogP contribution is 2.16. The van der Waals surface area contributed by atoms with Gasteiger partial charge in [-0.3, -0.25) is 4.79 Å². The van der Waals surface area contributed by atoms with Crippen molar-refractivity contribution >= 4 is 18.2 Å². The fourth-order valence-electron chi connectivity index (χ4n) is 1.48. The van der Waals surface area contributed by atoms with Crippen LogP contribution in [-0.2, 0) is 14.3 Å². The van der Waals surface area contributed by atoms with Crippen LogP contribution in [0, 0.1) is 0 Å². The lowest BCUT2D eigenvalue weighted by Gasteiger charge is -2.30. The van der Waals surface area contributed by atoms with E-state index in [0.717, 1.165) is 6.29 Å². The molecule has 0 N–H and O–H groups in total. The SMILES string of the molecule is CC(C)(CC=O)OC(=O)N1CCC(=O)CC1. The molecule has 0 aliphatic carbocycles. The van der Waals surface area contributed by atoms with Gasteiger partial charge in [-0.15, -0.1) is 0 Å². The summed E-state index contributed by atoms with van der Waals surface area (Å²) >= 11 is 0. The second-order valence-electron chi connectivity index (χ2n) is 4.52. The van der Waals surface area contributed by atoms with Crippen molar-refractivity contribution in [3.05, 3.63) is 0 Å². The van der Waals surface area contributed by atoms with E-state index < -0.39 is 11.7 Å². The Hall–Kier alpha value is -1.39. The first-order chi connectivity index (χ1) is 7.44. The molecule has 5 nitrogen and oxygen atoms in total. The van der Waals surface area contributed by atoms with Crippen LogP contribution in [0.4, 0.5) is 4.79 Å². The lowest BCUT2D eigenvalue weighted by atomic mass is 10.1. The topological polar surface area (TPSA) is 63.7 Å². The second kappa shape index (κ2) is 5.09. The third-order valence-electron chi connectivity index (χ3n) is 2.52. The Morgan fingerprint density at radius 3 is 2.50 bits per heavy atom. The molecule has 90 valence electrons. The van der Waals surface area contributed by atoms with Crippen LogP contribution in [0.2, 0.25) is 0 Å². The lowest BCUT2D eigenvalue weighted by Crippen LogP contribution is -2.42. The minimum atomic E-state index is -0.777. The number of carbonyl (C=O) groups is 3. The Labute approximate surface area is 94.7 Å². The van der Waals surface area contributed by atoms with E-state index in [1.165, 1.54) is 4.90 Å². The normalized spacial score (nSPS) is 17.1. The standard InChI is InChI=1S/C11H17NO4/c1-11(2,5-8-13)16-10(15)12-6-3-9(14)4-7-12/h8H,3-7H2,1-2H3. The number of Topliss-reactive ketones (excluding diaryl/α,β-unsaturated/α-hetero) is 1. The molecule has 1 aliphatic rings. The highest BCUT2D eigenvalue weighted by molar-refractivity contribution is 5.81. The maximum atomic E-state index is 11.7. The molecule has 0 bridgehead atoms. The minimum absolute atomic E-state index is 0.172. The summed E-state index contributed by atoms with van der Waals surface area (Å²) in [5, 5.41) is 0. The van der Waals surface area contributed by atoms with Gasteiger partial charge in [0.05, 0.1) is 0 Å². The van der Waals surface area contributed by atoms with Crippen LogP contribution in [0.1, 0.15) is 33.1 Å². The molecule has 1 amide bonds. The molecule has 0 atom stereocenters. The third-order valence-corrected chi connectivity index (χ3v) is 2.52. The van der Waals surface area contributed by atoms with Gasteiger partial charge < -0.3 is 14.4 Å². The molecule has 0 saturated carbocycles. The maximum absolute atomic E-state index is 11.7. The number of hydrogen-bond acceptors (Lipinski definition) is 4. The van der Waals surface area contributed by atoms with Gasteiger partial charge in [-0.1, -0.05) is 0 Å². The monoisotopic (exact) mass is 227 g/mol. The summed E-state index contributed by atoms with van der Waals surface area (Å²) in [5.41, 5.74) is -0.777. The summed E-state index contributed by atoms with van der Waals surface area (Å²) in [5.74, 6) is 0.177. The quantitative estimate of drug-likeness (QED) is 0.678. The van der Waals surface area contributed by atoms with Gasteiger partial charge in [0.15, 0.2) is 0 Å². The van der Waals surface area contributed by atoms with Crippen molar-refractivity contribution < 1.29 is 19.1 Å². The predicted molar refractivity (Wildman–Crippen MR) is 57.1 cm³/mol. The molecule has 1 fully saturated rings. The van der Waals surface area contributed by atoms with Gasteiger partial charge in [0.25, 0.3) is 0 Å². The molecule has 0 radical (unpaired) electrons. The highest BCUT2D eigenvalue weighted by atomic mass is 16.6. The largest absolute Gasteiger partial charge is 0.443 e. The van der Waals surface area contributed by atoms with Crippen molar-refractivity contribution in [3.8, 4) is 0 Å². The molecule has 0 unspecified atom stereocenters. The lowest BCUT2D eigenvalue weighted by molar-refractivity contribution is -0.121. The Balaban J connectivity index is 2.46. The van der Waals surface area contributed by atoms with Crippen molar-refractivity contribution in [1.82, 2.24) is 4.90 Å². The summed E-state index contributed by atoms with van der Waals surface area (Å²) < 4.78 is 5.20. The number of aldehydes is 1. The molecule has 0 spiro atoms. The molecular formula is C11H17NO4. The number of carbonyl (C=O) groups excluding carboxylic acids is 3. The molecular weight excluding hydrogens is 210 g/mol. The van der Waals surface area contributed by atoms with Crippen LogP contribution in [0.5, 0.6) is 0 Å². The van der Waals surface area contributed by atoms with E-state index in [4.69, 9.17) is 4.74 Å². The first-order valence-electron chi connectivity index (χ1n) is 5.38. The van der Waals surface area contributed by atoms with Gasteiger partial charge in [-0.05, 0) is 13.8 Å². The first-order valence-corrected chi connectivity index (χ1v) is 5.38. The molecule has 1 aliphatic heterocycles. The number of ether oxygens (including phenoxy) is 1. The van der Waals surface area contributed by atoms with E-state index in [0.29, 0.717) is 25.9 Å². The van der Waals surface area contributed by atoms with E-state index >= 15 is 0 Å². The van der Waals surface area contributed by atoms with Crippen LogP contribution in [0.25, 0.3) is 0 Å². The summed E-state index contributed by atoms with van der Waals surface area (Å²) in [6.07, 6.45) is 1.24. The third kappa shape index (κ3) is 3.64. The number of amides is 1. The van der Waals surface area contributed by atoms with Crippen molar-refractivity contribution in [2.75, 3.05) is 13.1 Å². The van der Waals surface area contributed by atoms with Crippen LogP contribution >= 0.6 is 0 Å². The van der Waals surface area contributed by atoms with Crippen LogP contribution in [0.15, 0.2) is 0 Å². The first kappa shape index (κ1) is 12.7. The zero-order valence-electron chi connectivity index (χ0n) is 9.69. The number of piperidine rings is 1. The zero-order valence-corrected chi connectivity index (χ0v) is 9.69. The number of rotatable bonds is 3.